The summed E-state index contributed by atoms with van der Waals surface area (Å²) in [5.41, 5.74) is 8.55. The van der Waals surface area contributed by atoms with Crippen molar-refractivity contribution in [3.05, 3.63) is 111 Å². The molecule has 2 atom stereocenters. The van der Waals surface area contributed by atoms with Gasteiger partial charge in [-0.1, -0.05) is 65.7 Å². The van der Waals surface area contributed by atoms with E-state index in [1.165, 1.54) is 0 Å². The number of benzene rings is 3. The van der Waals surface area contributed by atoms with Gasteiger partial charge in [0, 0.05) is 18.1 Å². The van der Waals surface area contributed by atoms with Gasteiger partial charge >= 0.3 is 5.97 Å². The van der Waals surface area contributed by atoms with Crippen molar-refractivity contribution in [2.75, 3.05) is 38.4 Å². The van der Waals surface area contributed by atoms with Crippen LogP contribution >= 0.6 is 23.2 Å². The van der Waals surface area contributed by atoms with Gasteiger partial charge in [-0.3, -0.25) is 19.5 Å². The van der Waals surface area contributed by atoms with Crippen LogP contribution < -0.4 is 20.5 Å². The predicted octanol–water partition coefficient (Wildman–Crippen LogP) is 5.79. The lowest BCUT2D eigenvalue weighted by atomic mass is 9.94. The summed E-state index contributed by atoms with van der Waals surface area (Å²) in [4.78, 5) is 28.5. The zero-order valence-corrected chi connectivity index (χ0v) is 25.8. The second-order valence-corrected chi connectivity index (χ2v) is 11.2. The molecule has 8 nitrogen and oxygen atoms in total. The third-order valence-corrected chi connectivity index (χ3v) is 7.95. The van der Waals surface area contributed by atoms with Crippen LogP contribution in [0.5, 0.6) is 5.75 Å². The number of ether oxygens (including phenoxy) is 2. The molecule has 224 valence electrons. The van der Waals surface area contributed by atoms with Gasteiger partial charge in [-0.2, -0.15) is 0 Å². The van der Waals surface area contributed by atoms with Crippen molar-refractivity contribution in [1.82, 2.24) is 15.6 Å². The first kappa shape index (κ1) is 30.6. The van der Waals surface area contributed by atoms with Crippen LogP contribution in [-0.4, -0.2) is 56.2 Å². The fraction of sp³-hybridized carbons (Fsp3) is 0.273. The number of hydrazine groups is 1. The molecule has 0 aromatic heterocycles. The number of amides is 1. The van der Waals surface area contributed by atoms with Gasteiger partial charge in [-0.25, -0.2) is 5.43 Å². The van der Waals surface area contributed by atoms with Crippen LogP contribution in [0.25, 0.3) is 6.08 Å². The zero-order chi connectivity index (χ0) is 30.5. The summed E-state index contributed by atoms with van der Waals surface area (Å²) >= 11 is 12.9. The molecule has 0 bridgehead atoms. The second kappa shape index (κ2) is 13.7. The molecule has 3 aromatic rings. The van der Waals surface area contributed by atoms with Crippen LogP contribution in [0, 0.1) is 0 Å². The molecule has 2 heterocycles. The monoisotopic (exact) mass is 620 g/mol. The highest BCUT2D eigenvalue weighted by atomic mass is 35.5. The van der Waals surface area contributed by atoms with E-state index in [9.17, 15) is 9.59 Å². The Kier molecular flexibility index (Phi) is 9.72. The highest BCUT2D eigenvalue weighted by Gasteiger charge is 2.42. The van der Waals surface area contributed by atoms with Gasteiger partial charge < -0.3 is 14.8 Å². The van der Waals surface area contributed by atoms with Crippen LogP contribution in [-0.2, 0) is 14.3 Å². The summed E-state index contributed by atoms with van der Waals surface area (Å²) in [5.74, 6) is 0.229. The molecule has 0 radical (unpaired) electrons. The number of nitrogens with zero attached hydrogens (tertiary/aromatic N) is 2. The van der Waals surface area contributed by atoms with E-state index in [1.54, 1.807) is 26.2 Å². The molecule has 0 fully saturated rings. The minimum absolute atomic E-state index is 0.0844. The van der Waals surface area contributed by atoms with E-state index < -0.39 is 6.04 Å². The van der Waals surface area contributed by atoms with Gasteiger partial charge in [0.1, 0.15) is 11.8 Å². The van der Waals surface area contributed by atoms with E-state index in [0.29, 0.717) is 35.4 Å². The molecule has 3 aromatic carbocycles. The van der Waals surface area contributed by atoms with Gasteiger partial charge in [0.05, 0.1) is 42.7 Å². The Bertz CT molecular complexity index is 1540. The molecule has 1 amide bonds. The summed E-state index contributed by atoms with van der Waals surface area (Å²) in [5, 5.41) is 5.96. The van der Waals surface area contributed by atoms with Crippen molar-refractivity contribution in [3.8, 4) is 5.75 Å². The van der Waals surface area contributed by atoms with Crippen molar-refractivity contribution in [1.29, 1.82) is 0 Å². The lowest BCUT2D eigenvalue weighted by Gasteiger charge is -2.32. The van der Waals surface area contributed by atoms with Crippen molar-refractivity contribution in [3.63, 3.8) is 0 Å². The highest BCUT2D eigenvalue weighted by Crippen LogP contribution is 2.40. The molecule has 5 rings (SSSR count). The van der Waals surface area contributed by atoms with Crippen molar-refractivity contribution in [2.45, 2.75) is 25.9 Å². The summed E-state index contributed by atoms with van der Waals surface area (Å²) < 4.78 is 10.6. The Morgan fingerprint density at radius 1 is 1.07 bits per heavy atom. The van der Waals surface area contributed by atoms with Gasteiger partial charge in [0.15, 0.2) is 0 Å². The van der Waals surface area contributed by atoms with E-state index in [-0.39, 0.29) is 24.5 Å². The minimum Gasteiger partial charge on any atom is -0.497 e. The topological polar surface area (TPSA) is 83.1 Å². The molecular formula is C33H34Cl2N4O4. The zero-order valence-electron chi connectivity index (χ0n) is 24.3. The van der Waals surface area contributed by atoms with Gasteiger partial charge in [-0.15, -0.1) is 0 Å². The van der Waals surface area contributed by atoms with Crippen LogP contribution in [0.3, 0.4) is 0 Å². The molecule has 2 N–H and O–H groups in total. The third-order valence-electron chi connectivity index (χ3n) is 7.41. The Morgan fingerprint density at radius 3 is 2.49 bits per heavy atom. The molecule has 0 saturated heterocycles. The van der Waals surface area contributed by atoms with Gasteiger partial charge in [0.2, 0.25) is 5.91 Å². The average molecular weight is 622 g/mol. The third kappa shape index (κ3) is 7.05. The summed E-state index contributed by atoms with van der Waals surface area (Å²) in [7, 11) is 1.63. The molecule has 2 aliphatic heterocycles. The van der Waals surface area contributed by atoms with Crippen LogP contribution in [0.2, 0.25) is 10.0 Å². The Hall–Kier alpha value is -3.82. The van der Waals surface area contributed by atoms with E-state index in [4.69, 9.17) is 32.7 Å². The number of anilines is 1. The largest absolute Gasteiger partial charge is 0.497 e. The number of carbonyl (C=O) groups is 2. The Labute approximate surface area is 261 Å². The van der Waals surface area contributed by atoms with E-state index in [1.807, 2.05) is 77.5 Å². The molecule has 0 spiro atoms. The fourth-order valence-corrected chi connectivity index (χ4v) is 5.88. The van der Waals surface area contributed by atoms with Gasteiger partial charge in [0.25, 0.3) is 0 Å². The van der Waals surface area contributed by atoms with E-state index in [2.05, 4.69) is 16.8 Å². The maximum Gasteiger partial charge on any atom is 0.320 e. The first-order chi connectivity index (χ1) is 20.8. The molecule has 2 aliphatic rings. The Morgan fingerprint density at radius 2 is 1.81 bits per heavy atom. The molecule has 10 heteroatoms. The molecule has 43 heavy (non-hydrogen) atoms. The maximum absolute atomic E-state index is 13.9. The lowest BCUT2D eigenvalue weighted by molar-refractivity contribution is -0.144. The summed E-state index contributed by atoms with van der Waals surface area (Å²) in [6.45, 7) is 4.94. The number of hydrogen-bond acceptors (Lipinski definition) is 7. The van der Waals surface area contributed by atoms with E-state index in [0.717, 1.165) is 33.7 Å². The first-order valence-electron chi connectivity index (χ1n) is 14.1. The van der Waals surface area contributed by atoms with Crippen LogP contribution in [0.1, 0.15) is 31.0 Å². The number of hydrogen-bond donors (Lipinski definition) is 2. The van der Waals surface area contributed by atoms with Crippen molar-refractivity contribution < 1.29 is 19.1 Å². The maximum atomic E-state index is 13.9. The highest BCUT2D eigenvalue weighted by molar-refractivity contribution is 6.36. The molecular weight excluding hydrogens is 587 g/mol. The van der Waals surface area contributed by atoms with Crippen molar-refractivity contribution in [2.24, 2.45) is 0 Å². The lowest BCUT2D eigenvalue weighted by Crippen LogP contribution is -2.48. The number of rotatable bonds is 9. The molecule has 1 unspecified atom stereocenters. The second-order valence-electron chi connectivity index (χ2n) is 10.4. The number of methoxy groups -OCH3 is 1. The average Bonchev–Trinajstić information content (AvgIpc) is 3.37. The number of carbonyl (C=O) groups excluding carboxylic acids is 2. The minimum atomic E-state index is -0.725. The normalized spacial score (nSPS) is 18.4. The summed E-state index contributed by atoms with van der Waals surface area (Å²) in [6, 6.07) is 21.8. The van der Waals surface area contributed by atoms with E-state index >= 15 is 0 Å². The smallest absolute Gasteiger partial charge is 0.320 e. The Balaban J connectivity index is 1.58. The predicted molar refractivity (Wildman–Crippen MR) is 170 cm³/mol. The standard InChI is InChI=1S/C33H34Cl2N4O4/c1-4-43-30(40)20-38-18-24(16-22-10-13-26(42-3)14-11-22)32-27(19-38)31(33(41)36-21(2)23-8-6-5-7-9-23)37-39(32)29-15-12-25(34)17-28(29)35/h5-17,21,31,37H,4,18-20H2,1-3H3,(H,36,41)/b24-16+/t21-,31?/m1/s1. The number of esters is 1. The SMILES string of the molecule is CCOC(=O)CN1CC2=C(/C(=C/c3ccc(OC)cc3)C1)N(c1ccc(Cl)cc1Cl)NC2C(=O)N[C@H](C)c1ccccc1. The first-order valence-corrected chi connectivity index (χ1v) is 14.9. The quantitative estimate of drug-likeness (QED) is 0.293. The number of nitrogens with one attached hydrogen (secondary N) is 2. The van der Waals surface area contributed by atoms with Crippen molar-refractivity contribution >= 4 is 46.8 Å². The number of halogens is 2. The van der Waals surface area contributed by atoms with Gasteiger partial charge in [-0.05, 0) is 72.5 Å². The van der Waals surface area contributed by atoms with Crippen LogP contribution in [0.4, 0.5) is 5.69 Å². The van der Waals surface area contributed by atoms with Crippen LogP contribution in [0.15, 0.2) is 89.6 Å². The molecule has 0 saturated carbocycles. The summed E-state index contributed by atoms with van der Waals surface area (Å²) in [6.07, 6.45) is 2.05. The molecule has 0 aliphatic carbocycles. The fourth-order valence-electron chi connectivity index (χ4n) is 5.39.